The van der Waals surface area contributed by atoms with E-state index in [-0.39, 0.29) is 24.4 Å². The fourth-order valence-electron chi connectivity index (χ4n) is 4.05. The van der Waals surface area contributed by atoms with E-state index in [1.165, 1.54) is 10.9 Å². The highest BCUT2D eigenvalue weighted by Gasteiger charge is 2.23. The highest BCUT2D eigenvalue weighted by molar-refractivity contribution is 5.94. The summed E-state index contributed by atoms with van der Waals surface area (Å²) in [5.41, 5.74) is 2.90. The molecule has 0 radical (unpaired) electrons. The number of fused-ring (bicyclic) bond motifs is 1. The van der Waals surface area contributed by atoms with Gasteiger partial charge < -0.3 is 15.4 Å². The molecule has 2 aromatic carbocycles. The number of amides is 1. The number of anilines is 1. The number of benzene rings is 2. The molecule has 1 amide bonds. The van der Waals surface area contributed by atoms with Gasteiger partial charge in [0.1, 0.15) is 11.6 Å². The smallest absolute Gasteiger partial charge is 0.251 e. The molecule has 1 saturated carbocycles. The number of hydrogen-bond acceptors (Lipinski definition) is 4. The predicted octanol–water partition coefficient (Wildman–Crippen LogP) is 5.13. The normalized spacial score (nSPS) is 18.3. The van der Waals surface area contributed by atoms with Crippen molar-refractivity contribution in [1.82, 2.24) is 10.3 Å². The first kappa shape index (κ1) is 21.9. The van der Waals surface area contributed by atoms with Crippen molar-refractivity contribution in [1.29, 1.82) is 0 Å². The summed E-state index contributed by atoms with van der Waals surface area (Å²) in [5.74, 6) is 1.60. The van der Waals surface area contributed by atoms with Crippen molar-refractivity contribution >= 4 is 35.0 Å². The number of ether oxygens (including phenoxy) is 1. The van der Waals surface area contributed by atoms with Gasteiger partial charge in [0.05, 0.1) is 12.6 Å². The Morgan fingerprint density at radius 1 is 1.00 bits per heavy atom. The lowest BCUT2D eigenvalue weighted by molar-refractivity contribution is 0.0926. The van der Waals surface area contributed by atoms with E-state index in [2.05, 4.69) is 35.8 Å². The maximum atomic E-state index is 12.5. The van der Waals surface area contributed by atoms with Crippen molar-refractivity contribution in [2.75, 3.05) is 12.4 Å². The van der Waals surface area contributed by atoms with Crippen molar-refractivity contribution in [3.8, 4) is 5.75 Å². The van der Waals surface area contributed by atoms with Crippen LogP contribution < -0.4 is 15.4 Å². The van der Waals surface area contributed by atoms with Crippen LogP contribution in [0.15, 0.2) is 54.6 Å². The molecular formula is C24H28ClN3O2. The molecule has 2 N–H and O–H groups in total. The molecule has 158 valence electrons. The second-order valence-corrected chi connectivity index (χ2v) is 7.74. The Bertz CT molecular complexity index is 1020. The summed E-state index contributed by atoms with van der Waals surface area (Å²) in [4.78, 5) is 17.3. The van der Waals surface area contributed by atoms with E-state index in [1.54, 1.807) is 13.2 Å². The maximum absolute atomic E-state index is 12.5. The van der Waals surface area contributed by atoms with Gasteiger partial charge in [-0.25, -0.2) is 4.98 Å². The Balaban J connectivity index is 0.00000256. The van der Waals surface area contributed by atoms with Crippen LogP contribution in [0.1, 0.15) is 41.6 Å². The molecule has 1 heterocycles. The van der Waals surface area contributed by atoms with Gasteiger partial charge in [0, 0.05) is 23.0 Å². The van der Waals surface area contributed by atoms with Crippen LogP contribution in [0.3, 0.4) is 0 Å². The summed E-state index contributed by atoms with van der Waals surface area (Å²) in [5, 5.41) is 7.96. The van der Waals surface area contributed by atoms with E-state index >= 15 is 0 Å². The third-order valence-electron chi connectivity index (χ3n) is 5.67. The van der Waals surface area contributed by atoms with Crippen LogP contribution in [0.2, 0.25) is 0 Å². The first-order valence-electron chi connectivity index (χ1n) is 10.2. The van der Waals surface area contributed by atoms with Gasteiger partial charge in [0.15, 0.2) is 0 Å². The Morgan fingerprint density at radius 3 is 2.50 bits per heavy atom. The lowest BCUT2D eigenvalue weighted by atomic mass is 9.91. The topological polar surface area (TPSA) is 63.2 Å². The molecule has 0 saturated heterocycles. The van der Waals surface area contributed by atoms with Crippen molar-refractivity contribution in [2.45, 2.75) is 44.7 Å². The SMILES string of the molecule is COc1cccc(C(=O)N[C@H]2CC[C@@H](Nc3cc(C)c4ccccc4n3)CC2)c1.Cl. The third-order valence-corrected chi connectivity index (χ3v) is 5.67. The number of nitrogens with zero attached hydrogens (tertiary/aromatic N) is 1. The summed E-state index contributed by atoms with van der Waals surface area (Å²) in [6, 6.07) is 18.2. The molecule has 5 nitrogen and oxygen atoms in total. The van der Waals surface area contributed by atoms with E-state index < -0.39 is 0 Å². The predicted molar refractivity (Wildman–Crippen MR) is 124 cm³/mol. The quantitative estimate of drug-likeness (QED) is 0.595. The van der Waals surface area contributed by atoms with Gasteiger partial charge in [-0.15, -0.1) is 12.4 Å². The highest BCUT2D eigenvalue weighted by Crippen LogP contribution is 2.25. The van der Waals surface area contributed by atoms with E-state index in [1.807, 2.05) is 30.3 Å². The summed E-state index contributed by atoms with van der Waals surface area (Å²) in [7, 11) is 1.61. The number of carbonyl (C=O) groups is 1. The largest absolute Gasteiger partial charge is 0.497 e. The van der Waals surface area contributed by atoms with Crippen molar-refractivity contribution < 1.29 is 9.53 Å². The average molecular weight is 426 g/mol. The minimum atomic E-state index is -0.0351. The molecule has 1 fully saturated rings. The lowest BCUT2D eigenvalue weighted by Crippen LogP contribution is -2.40. The standard InChI is InChI=1S/C24H27N3O2.ClH/c1-16-14-23(27-22-9-4-3-8-21(16)22)25-18-10-12-19(13-11-18)26-24(28)17-6-5-7-20(15-17)29-2;/h3-9,14-15,18-19H,10-13H2,1-2H3,(H,25,27)(H,26,28);1H/t18-,19+;. The van der Waals surface area contributed by atoms with Gasteiger partial charge in [0.2, 0.25) is 0 Å². The number of carbonyl (C=O) groups excluding carboxylic acids is 1. The molecule has 30 heavy (non-hydrogen) atoms. The number of aromatic nitrogens is 1. The monoisotopic (exact) mass is 425 g/mol. The van der Waals surface area contributed by atoms with Crippen LogP contribution in [0.4, 0.5) is 5.82 Å². The average Bonchev–Trinajstić information content (AvgIpc) is 2.75. The van der Waals surface area contributed by atoms with E-state index in [9.17, 15) is 4.79 Å². The van der Waals surface area contributed by atoms with E-state index in [4.69, 9.17) is 9.72 Å². The Kier molecular flexibility index (Phi) is 7.16. The first-order chi connectivity index (χ1) is 14.1. The van der Waals surface area contributed by atoms with E-state index in [0.717, 1.165) is 37.0 Å². The highest BCUT2D eigenvalue weighted by atomic mass is 35.5. The van der Waals surface area contributed by atoms with Crippen molar-refractivity contribution in [3.63, 3.8) is 0 Å². The second kappa shape index (κ2) is 9.81. The maximum Gasteiger partial charge on any atom is 0.251 e. The summed E-state index contributed by atoms with van der Waals surface area (Å²) >= 11 is 0. The minimum absolute atomic E-state index is 0. The number of pyridine rings is 1. The molecule has 1 aromatic heterocycles. The lowest BCUT2D eigenvalue weighted by Gasteiger charge is -2.30. The number of rotatable bonds is 5. The first-order valence-corrected chi connectivity index (χ1v) is 10.2. The summed E-state index contributed by atoms with van der Waals surface area (Å²) in [6.45, 7) is 2.13. The number of aryl methyl sites for hydroxylation is 1. The van der Waals surface area contributed by atoms with Gasteiger partial charge in [-0.3, -0.25) is 4.79 Å². The Labute approximate surface area is 183 Å². The number of hydrogen-bond donors (Lipinski definition) is 2. The third kappa shape index (κ3) is 5.03. The molecule has 4 rings (SSSR count). The molecule has 0 aliphatic heterocycles. The van der Waals surface area contributed by atoms with Gasteiger partial charge in [-0.2, -0.15) is 0 Å². The van der Waals surface area contributed by atoms with Crippen LogP contribution >= 0.6 is 12.4 Å². The molecule has 6 heteroatoms. The minimum Gasteiger partial charge on any atom is -0.497 e. The molecule has 3 aromatic rings. The van der Waals surface area contributed by atoms with Crippen LogP contribution in [-0.2, 0) is 0 Å². The zero-order valence-electron chi connectivity index (χ0n) is 17.4. The molecule has 0 spiro atoms. The van der Waals surface area contributed by atoms with E-state index in [0.29, 0.717) is 17.4 Å². The molecule has 0 unspecified atom stereocenters. The van der Waals surface area contributed by atoms with Crippen molar-refractivity contribution in [2.24, 2.45) is 0 Å². The molecule has 0 bridgehead atoms. The molecule has 0 atom stereocenters. The summed E-state index contributed by atoms with van der Waals surface area (Å²) in [6.07, 6.45) is 3.94. The van der Waals surface area contributed by atoms with Gasteiger partial charge in [0.25, 0.3) is 5.91 Å². The number of nitrogens with one attached hydrogen (secondary N) is 2. The zero-order chi connectivity index (χ0) is 20.2. The Morgan fingerprint density at radius 2 is 1.73 bits per heavy atom. The number of methoxy groups -OCH3 is 1. The van der Waals surface area contributed by atoms with Crippen molar-refractivity contribution in [3.05, 3.63) is 65.7 Å². The number of halogens is 1. The molecular weight excluding hydrogens is 398 g/mol. The fraction of sp³-hybridized carbons (Fsp3) is 0.333. The van der Waals surface area contributed by atoms with Crippen LogP contribution in [0.5, 0.6) is 5.75 Å². The van der Waals surface area contributed by atoms with Crippen LogP contribution in [-0.4, -0.2) is 30.1 Å². The second-order valence-electron chi connectivity index (χ2n) is 7.74. The van der Waals surface area contributed by atoms with Gasteiger partial charge >= 0.3 is 0 Å². The van der Waals surface area contributed by atoms with Gasteiger partial charge in [-0.05, 0) is 68.5 Å². The van der Waals surface area contributed by atoms with Crippen LogP contribution in [0.25, 0.3) is 10.9 Å². The molecule has 1 aliphatic rings. The summed E-state index contributed by atoms with van der Waals surface area (Å²) < 4.78 is 5.21. The fourth-order valence-corrected chi connectivity index (χ4v) is 4.05. The Hall–Kier alpha value is -2.79. The number of para-hydroxylation sites is 1. The van der Waals surface area contributed by atoms with Gasteiger partial charge in [-0.1, -0.05) is 24.3 Å². The molecule has 1 aliphatic carbocycles. The zero-order valence-corrected chi connectivity index (χ0v) is 18.2. The van der Waals surface area contributed by atoms with Crippen LogP contribution in [0, 0.1) is 6.92 Å².